The second-order valence-electron chi connectivity index (χ2n) is 3.43. The topological polar surface area (TPSA) is 49.7 Å². The standard InChI is InChI=1S/C8H16O3/c1-5(2)8-7(10)6(9)3-4-11-8/h5-10H,3-4H2,1-2H3/t6-,7-,8-/m0/s1. The fraction of sp³-hybridized carbons (Fsp3) is 1.00. The smallest absolute Gasteiger partial charge is 0.106 e. The van der Waals surface area contributed by atoms with Crippen LogP contribution in [-0.2, 0) is 4.74 Å². The third-order valence-electron chi connectivity index (χ3n) is 2.11. The molecule has 0 spiro atoms. The van der Waals surface area contributed by atoms with E-state index >= 15 is 0 Å². The summed E-state index contributed by atoms with van der Waals surface area (Å²) < 4.78 is 5.31. The van der Waals surface area contributed by atoms with Crippen LogP contribution in [0.3, 0.4) is 0 Å². The van der Waals surface area contributed by atoms with Crippen LogP contribution in [0, 0.1) is 5.92 Å². The summed E-state index contributed by atoms with van der Waals surface area (Å²) in [5.74, 6) is 0.264. The summed E-state index contributed by atoms with van der Waals surface area (Å²) in [6.07, 6.45) is -0.955. The van der Waals surface area contributed by atoms with E-state index in [0.717, 1.165) is 0 Å². The minimum Gasteiger partial charge on any atom is -0.390 e. The monoisotopic (exact) mass is 160 g/mol. The first-order chi connectivity index (χ1) is 5.13. The predicted molar refractivity (Wildman–Crippen MR) is 41.2 cm³/mol. The van der Waals surface area contributed by atoms with Crippen molar-refractivity contribution >= 4 is 0 Å². The van der Waals surface area contributed by atoms with Crippen molar-refractivity contribution in [3.8, 4) is 0 Å². The highest BCUT2D eigenvalue weighted by Crippen LogP contribution is 2.20. The van der Waals surface area contributed by atoms with Crippen molar-refractivity contribution < 1.29 is 14.9 Å². The number of hydrogen-bond acceptors (Lipinski definition) is 3. The van der Waals surface area contributed by atoms with Crippen LogP contribution in [0.2, 0.25) is 0 Å². The lowest BCUT2D eigenvalue weighted by atomic mass is 9.94. The van der Waals surface area contributed by atoms with E-state index in [1.807, 2.05) is 13.8 Å². The normalized spacial score (nSPS) is 39.5. The van der Waals surface area contributed by atoms with Gasteiger partial charge in [0.15, 0.2) is 0 Å². The van der Waals surface area contributed by atoms with Crippen LogP contribution in [-0.4, -0.2) is 35.1 Å². The summed E-state index contributed by atoms with van der Waals surface area (Å²) in [6.45, 7) is 4.51. The molecule has 1 fully saturated rings. The number of rotatable bonds is 1. The molecule has 0 radical (unpaired) electrons. The molecule has 0 aromatic heterocycles. The zero-order chi connectivity index (χ0) is 8.43. The Bertz CT molecular complexity index is 125. The Balaban J connectivity index is 2.51. The highest BCUT2D eigenvalue weighted by Gasteiger charge is 2.32. The molecule has 0 aliphatic carbocycles. The molecule has 3 nitrogen and oxygen atoms in total. The van der Waals surface area contributed by atoms with Crippen molar-refractivity contribution in [2.45, 2.75) is 38.6 Å². The average molecular weight is 160 g/mol. The molecule has 0 amide bonds. The largest absolute Gasteiger partial charge is 0.390 e. The summed E-state index contributed by atoms with van der Waals surface area (Å²) in [7, 11) is 0. The number of hydrogen-bond donors (Lipinski definition) is 2. The molecule has 0 aromatic rings. The first-order valence-corrected chi connectivity index (χ1v) is 4.10. The highest BCUT2D eigenvalue weighted by atomic mass is 16.5. The highest BCUT2D eigenvalue weighted by molar-refractivity contribution is 4.82. The first kappa shape index (κ1) is 8.97. The van der Waals surface area contributed by atoms with Gasteiger partial charge in [-0.15, -0.1) is 0 Å². The van der Waals surface area contributed by atoms with Crippen LogP contribution in [0.4, 0.5) is 0 Å². The Morgan fingerprint density at radius 1 is 1.36 bits per heavy atom. The zero-order valence-electron chi connectivity index (χ0n) is 7.03. The molecular weight excluding hydrogens is 144 g/mol. The lowest BCUT2D eigenvalue weighted by Crippen LogP contribution is -2.46. The quantitative estimate of drug-likeness (QED) is 0.574. The van der Waals surface area contributed by atoms with Crippen molar-refractivity contribution in [1.82, 2.24) is 0 Å². The van der Waals surface area contributed by atoms with Crippen LogP contribution in [0.1, 0.15) is 20.3 Å². The summed E-state index contributed by atoms with van der Waals surface area (Å²) in [5, 5.41) is 18.7. The maximum Gasteiger partial charge on any atom is 0.106 e. The van der Waals surface area contributed by atoms with Gasteiger partial charge in [-0.05, 0) is 12.3 Å². The Labute approximate surface area is 67.0 Å². The Hall–Kier alpha value is -0.120. The molecule has 1 aliphatic heterocycles. The summed E-state index contributed by atoms with van der Waals surface area (Å²) in [5.41, 5.74) is 0. The van der Waals surface area contributed by atoms with E-state index in [0.29, 0.717) is 13.0 Å². The van der Waals surface area contributed by atoms with Crippen LogP contribution in [0.15, 0.2) is 0 Å². The lowest BCUT2D eigenvalue weighted by Gasteiger charge is -2.34. The van der Waals surface area contributed by atoms with E-state index < -0.39 is 12.2 Å². The SMILES string of the molecule is CC(C)[C@@H]1OCC[C@H](O)[C@@H]1O. The molecule has 2 N–H and O–H groups in total. The minimum absolute atomic E-state index is 0.196. The van der Waals surface area contributed by atoms with Gasteiger partial charge in [-0.1, -0.05) is 13.8 Å². The van der Waals surface area contributed by atoms with Gasteiger partial charge in [0.25, 0.3) is 0 Å². The van der Waals surface area contributed by atoms with Gasteiger partial charge in [0.05, 0.1) is 12.2 Å². The van der Waals surface area contributed by atoms with Crippen molar-refractivity contribution in [2.24, 2.45) is 5.92 Å². The molecule has 3 atom stereocenters. The third kappa shape index (κ3) is 1.92. The predicted octanol–water partition coefficient (Wildman–Crippen LogP) is 0.153. The summed E-state index contributed by atoms with van der Waals surface area (Å²) in [4.78, 5) is 0. The zero-order valence-corrected chi connectivity index (χ0v) is 7.03. The first-order valence-electron chi connectivity index (χ1n) is 4.10. The Morgan fingerprint density at radius 3 is 2.45 bits per heavy atom. The van der Waals surface area contributed by atoms with Gasteiger partial charge < -0.3 is 14.9 Å². The maximum absolute atomic E-state index is 9.43. The molecule has 0 bridgehead atoms. The molecule has 3 heteroatoms. The number of aliphatic hydroxyl groups is 2. The molecule has 1 aliphatic rings. The summed E-state index contributed by atoms with van der Waals surface area (Å²) >= 11 is 0. The fourth-order valence-corrected chi connectivity index (χ4v) is 1.40. The van der Waals surface area contributed by atoms with Gasteiger partial charge in [0, 0.05) is 6.61 Å². The number of aliphatic hydroxyl groups excluding tert-OH is 2. The van der Waals surface area contributed by atoms with E-state index in [2.05, 4.69) is 0 Å². The Morgan fingerprint density at radius 2 is 2.00 bits per heavy atom. The van der Waals surface area contributed by atoms with Crippen LogP contribution in [0.5, 0.6) is 0 Å². The molecule has 1 saturated heterocycles. The molecule has 1 heterocycles. The fourth-order valence-electron chi connectivity index (χ4n) is 1.40. The third-order valence-corrected chi connectivity index (χ3v) is 2.11. The molecule has 1 rings (SSSR count). The number of ether oxygens (including phenoxy) is 1. The second kappa shape index (κ2) is 3.52. The minimum atomic E-state index is -0.705. The van der Waals surface area contributed by atoms with Gasteiger partial charge in [-0.3, -0.25) is 0 Å². The van der Waals surface area contributed by atoms with Crippen molar-refractivity contribution in [3.63, 3.8) is 0 Å². The molecule has 66 valence electrons. The Kier molecular flexibility index (Phi) is 2.87. The van der Waals surface area contributed by atoms with E-state index in [1.54, 1.807) is 0 Å². The van der Waals surface area contributed by atoms with Crippen LogP contribution >= 0.6 is 0 Å². The molecule has 0 unspecified atom stereocenters. The van der Waals surface area contributed by atoms with Crippen molar-refractivity contribution in [2.75, 3.05) is 6.61 Å². The maximum atomic E-state index is 9.43. The van der Waals surface area contributed by atoms with Gasteiger partial charge in [-0.25, -0.2) is 0 Å². The molecule has 0 saturated carbocycles. The molecule has 0 aromatic carbocycles. The van der Waals surface area contributed by atoms with Crippen molar-refractivity contribution in [1.29, 1.82) is 0 Å². The molecule has 11 heavy (non-hydrogen) atoms. The van der Waals surface area contributed by atoms with E-state index in [1.165, 1.54) is 0 Å². The van der Waals surface area contributed by atoms with Gasteiger partial charge in [0.2, 0.25) is 0 Å². The summed E-state index contributed by atoms with van der Waals surface area (Å²) in [6, 6.07) is 0. The van der Waals surface area contributed by atoms with Crippen molar-refractivity contribution in [3.05, 3.63) is 0 Å². The van der Waals surface area contributed by atoms with E-state index in [-0.39, 0.29) is 12.0 Å². The average Bonchev–Trinajstić information content (AvgIpc) is 1.94. The second-order valence-corrected chi connectivity index (χ2v) is 3.43. The molecular formula is C8H16O3. The van der Waals surface area contributed by atoms with Gasteiger partial charge in [-0.2, -0.15) is 0 Å². The van der Waals surface area contributed by atoms with Gasteiger partial charge in [0.1, 0.15) is 6.10 Å². The van der Waals surface area contributed by atoms with Crippen LogP contribution in [0.25, 0.3) is 0 Å². The van der Waals surface area contributed by atoms with E-state index in [4.69, 9.17) is 4.74 Å². The lowest BCUT2D eigenvalue weighted by molar-refractivity contribution is -0.149. The van der Waals surface area contributed by atoms with Crippen LogP contribution < -0.4 is 0 Å². The van der Waals surface area contributed by atoms with Gasteiger partial charge >= 0.3 is 0 Å². The van der Waals surface area contributed by atoms with E-state index in [9.17, 15) is 10.2 Å².